The van der Waals surface area contributed by atoms with Crippen LogP contribution in [0, 0.1) is 25.5 Å². The van der Waals surface area contributed by atoms with Gasteiger partial charge in [-0.3, -0.25) is 9.59 Å². The summed E-state index contributed by atoms with van der Waals surface area (Å²) in [7, 11) is 0. The zero-order valence-corrected chi connectivity index (χ0v) is 15.1. The summed E-state index contributed by atoms with van der Waals surface area (Å²) in [5.41, 5.74) is 1.62. The molecule has 0 atom stereocenters. The smallest absolute Gasteiger partial charge is 0.153 e. The van der Waals surface area contributed by atoms with E-state index in [9.17, 15) is 18.4 Å². The Hall–Kier alpha value is -2.48. The van der Waals surface area contributed by atoms with Gasteiger partial charge in [-0.1, -0.05) is 24.3 Å². The molecule has 144 valence electrons. The van der Waals surface area contributed by atoms with Crippen LogP contribution in [0.1, 0.15) is 43.0 Å². The van der Waals surface area contributed by atoms with E-state index < -0.39 is 11.6 Å². The zero-order chi connectivity index (χ0) is 19.8. The molecule has 0 amide bonds. The largest absolute Gasteiger partial charge is 0.351 e. The predicted octanol–water partition coefficient (Wildman–Crippen LogP) is 3.87. The van der Waals surface area contributed by atoms with Crippen molar-refractivity contribution in [2.24, 2.45) is 0 Å². The van der Waals surface area contributed by atoms with Crippen LogP contribution >= 0.6 is 0 Å². The number of benzene rings is 2. The summed E-state index contributed by atoms with van der Waals surface area (Å²) in [5, 5.41) is 0. The minimum Gasteiger partial charge on any atom is -0.351 e. The molecule has 0 spiro atoms. The molecular formula is C20H20F2O5. The molecule has 0 unspecified atom stereocenters. The Morgan fingerprint density at radius 3 is 1.52 bits per heavy atom. The van der Waals surface area contributed by atoms with Crippen molar-refractivity contribution in [3.8, 4) is 0 Å². The highest BCUT2D eigenvalue weighted by molar-refractivity contribution is 5.78. The first-order chi connectivity index (χ1) is 13.0. The van der Waals surface area contributed by atoms with E-state index >= 15 is 0 Å². The molecule has 7 heteroatoms. The molecule has 27 heavy (non-hydrogen) atoms. The lowest BCUT2D eigenvalue weighted by Crippen LogP contribution is -2.08. The monoisotopic (exact) mass is 378 g/mol. The second-order valence-corrected chi connectivity index (χ2v) is 5.91. The molecule has 0 heterocycles. The number of rotatable bonds is 10. The van der Waals surface area contributed by atoms with E-state index in [0.717, 1.165) is 0 Å². The van der Waals surface area contributed by atoms with Crippen LogP contribution in [-0.4, -0.2) is 26.2 Å². The van der Waals surface area contributed by atoms with Crippen molar-refractivity contribution in [2.45, 2.75) is 27.1 Å². The minimum atomic E-state index is -0.609. The van der Waals surface area contributed by atoms with Gasteiger partial charge < -0.3 is 14.2 Å². The van der Waals surface area contributed by atoms with Gasteiger partial charge in [0, 0.05) is 11.1 Å². The van der Waals surface area contributed by atoms with Crippen LogP contribution in [0.2, 0.25) is 0 Å². The number of hydrogen-bond donors (Lipinski definition) is 0. The Morgan fingerprint density at radius 1 is 0.741 bits per heavy atom. The van der Waals surface area contributed by atoms with Crippen molar-refractivity contribution in [1.82, 2.24) is 0 Å². The SMILES string of the molecule is Cc1ccc(COCOCOCc2ccc(C)c(C=O)c2F)c(F)c1C=O. The maximum Gasteiger partial charge on any atom is 0.153 e. The number of hydrogen-bond acceptors (Lipinski definition) is 5. The predicted molar refractivity (Wildman–Crippen MR) is 93.4 cm³/mol. The van der Waals surface area contributed by atoms with Crippen molar-refractivity contribution >= 4 is 12.6 Å². The molecule has 0 N–H and O–H groups in total. The molecule has 2 aromatic carbocycles. The summed E-state index contributed by atoms with van der Waals surface area (Å²) in [5.74, 6) is -1.22. The first-order valence-corrected chi connectivity index (χ1v) is 8.19. The number of ether oxygens (including phenoxy) is 3. The van der Waals surface area contributed by atoms with Crippen LogP contribution in [0.5, 0.6) is 0 Å². The topological polar surface area (TPSA) is 61.8 Å². The molecule has 0 aliphatic heterocycles. The lowest BCUT2D eigenvalue weighted by molar-refractivity contribution is -0.139. The quantitative estimate of drug-likeness (QED) is 0.357. The van der Waals surface area contributed by atoms with E-state index in [4.69, 9.17) is 14.2 Å². The lowest BCUT2D eigenvalue weighted by Gasteiger charge is -2.10. The first-order valence-electron chi connectivity index (χ1n) is 8.19. The van der Waals surface area contributed by atoms with Gasteiger partial charge in [0.15, 0.2) is 12.6 Å². The van der Waals surface area contributed by atoms with Gasteiger partial charge in [0.1, 0.15) is 25.2 Å². The van der Waals surface area contributed by atoms with Crippen molar-refractivity contribution in [1.29, 1.82) is 0 Å². The summed E-state index contributed by atoms with van der Waals surface area (Å²) < 4.78 is 43.6. The number of aryl methyl sites for hydroxylation is 2. The molecule has 0 radical (unpaired) electrons. The molecule has 2 rings (SSSR count). The number of carbonyl (C=O) groups is 2. The number of carbonyl (C=O) groups excluding carboxylic acids is 2. The zero-order valence-electron chi connectivity index (χ0n) is 15.1. The summed E-state index contributed by atoms with van der Waals surface area (Å²) in [4.78, 5) is 21.8. The maximum absolute atomic E-state index is 14.0. The highest BCUT2D eigenvalue weighted by Crippen LogP contribution is 2.17. The number of halogens is 2. The molecule has 0 aromatic heterocycles. The fraction of sp³-hybridized carbons (Fsp3) is 0.300. The minimum absolute atomic E-state index is 0.00942. The molecule has 5 nitrogen and oxygen atoms in total. The van der Waals surface area contributed by atoms with Gasteiger partial charge in [0.2, 0.25) is 0 Å². The molecule has 0 aliphatic rings. The Bertz CT molecular complexity index is 753. The molecule has 0 fully saturated rings. The van der Waals surface area contributed by atoms with Crippen LogP contribution in [0.4, 0.5) is 8.78 Å². The van der Waals surface area contributed by atoms with Crippen LogP contribution < -0.4 is 0 Å². The van der Waals surface area contributed by atoms with Crippen LogP contribution in [0.25, 0.3) is 0 Å². The van der Waals surface area contributed by atoms with Crippen molar-refractivity contribution in [3.63, 3.8) is 0 Å². The summed E-state index contributed by atoms with van der Waals surface area (Å²) in [6.07, 6.45) is 0.942. The van der Waals surface area contributed by atoms with E-state index in [0.29, 0.717) is 23.7 Å². The van der Waals surface area contributed by atoms with E-state index in [1.807, 2.05) is 0 Å². The summed E-state index contributed by atoms with van der Waals surface area (Å²) in [6.45, 7) is 2.82. The van der Waals surface area contributed by atoms with E-state index in [1.54, 1.807) is 38.1 Å². The second-order valence-electron chi connectivity index (χ2n) is 5.91. The summed E-state index contributed by atoms with van der Waals surface area (Å²) >= 11 is 0. The highest BCUT2D eigenvalue weighted by atomic mass is 19.1. The van der Waals surface area contributed by atoms with Gasteiger partial charge in [-0.2, -0.15) is 0 Å². The van der Waals surface area contributed by atoms with E-state index in [1.165, 1.54) is 0 Å². The van der Waals surface area contributed by atoms with Crippen molar-refractivity contribution < 1.29 is 32.6 Å². The Labute approximate surface area is 155 Å². The normalized spacial score (nSPS) is 10.8. The lowest BCUT2D eigenvalue weighted by atomic mass is 10.1. The molecule has 0 saturated heterocycles. The standard InChI is InChI=1S/C20H20F2O5/c1-13-3-5-15(19(21)17(13)7-23)9-25-11-27-12-26-10-16-6-4-14(2)18(8-24)20(16)22/h3-8H,9-12H2,1-2H3. The van der Waals surface area contributed by atoms with Crippen LogP contribution in [-0.2, 0) is 27.4 Å². The van der Waals surface area contributed by atoms with E-state index in [-0.39, 0.29) is 49.1 Å². The Balaban J connectivity index is 1.73. The fourth-order valence-electron chi connectivity index (χ4n) is 2.44. The highest BCUT2D eigenvalue weighted by Gasteiger charge is 2.11. The number of aldehydes is 2. The maximum atomic E-state index is 14.0. The Morgan fingerprint density at radius 2 is 1.15 bits per heavy atom. The third kappa shape index (κ3) is 5.26. The Kier molecular flexibility index (Phi) is 7.72. The average molecular weight is 378 g/mol. The van der Waals surface area contributed by atoms with Gasteiger partial charge in [-0.05, 0) is 25.0 Å². The summed E-state index contributed by atoms with van der Waals surface area (Å²) in [6, 6.07) is 6.36. The third-order valence-electron chi connectivity index (χ3n) is 4.04. The molecule has 0 saturated carbocycles. The van der Waals surface area contributed by atoms with E-state index in [2.05, 4.69) is 0 Å². The van der Waals surface area contributed by atoms with Gasteiger partial charge in [0.05, 0.1) is 24.3 Å². The van der Waals surface area contributed by atoms with Crippen LogP contribution in [0.15, 0.2) is 24.3 Å². The second kappa shape index (κ2) is 10.0. The van der Waals surface area contributed by atoms with Crippen molar-refractivity contribution in [3.05, 3.63) is 69.3 Å². The van der Waals surface area contributed by atoms with Gasteiger partial charge >= 0.3 is 0 Å². The van der Waals surface area contributed by atoms with Gasteiger partial charge in [0.25, 0.3) is 0 Å². The van der Waals surface area contributed by atoms with Crippen molar-refractivity contribution in [2.75, 3.05) is 13.6 Å². The van der Waals surface area contributed by atoms with Gasteiger partial charge in [-0.15, -0.1) is 0 Å². The van der Waals surface area contributed by atoms with Gasteiger partial charge in [-0.25, -0.2) is 8.78 Å². The van der Waals surface area contributed by atoms with Crippen LogP contribution in [0.3, 0.4) is 0 Å². The molecular weight excluding hydrogens is 358 g/mol. The molecule has 0 bridgehead atoms. The molecule has 2 aromatic rings. The fourth-order valence-corrected chi connectivity index (χ4v) is 2.44. The third-order valence-corrected chi connectivity index (χ3v) is 4.04. The average Bonchev–Trinajstić information content (AvgIpc) is 2.65. The molecule has 0 aliphatic carbocycles. The first kappa shape index (κ1) is 20.8.